The van der Waals surface area contributed by atoms with Gasteiger partial charge in [-0.1, -0.05) is 54.7 Å². The predicted octanol–water partition coefficient (Wildman–Crippen LogP) is 7.05. The van der Waals surface area contributed by atoms with Gasteiger partial charge in [0.1, 0.15) is 5.75 Å². The number of halogens is 4. The van der Waals surface area contributed by atoms with Gasteiger partial charge in [0.25, 0.3) is 0 Å². The van der Waals surface area contributed by atoms with Crippen molar-refractivity contribution in [2.24, 2.45) is 0 Å². The summed E-state index contributed by atoms with van der Waals surface area (Å²) in [6, 6.07) is 2.03. The molecule has 1 aromatic carbocycles. The molecule has 0 aliphatic carbocycles. The predicted molar refractivity (Wildman–Crippen MR) is 102 cm³/mol. The average molecular weight is 536 g/mol. The van der Waals surface area contributed by atoms with Crippen molar-refractivity contribution in [1.82, 2.24) is 0 Å². The summed E-state index contributed by atoms with van der Waals surface area (Å²) in [5, 5.41) is 10.3. The third kappa shape index (κ3) is 4.72. The molecule has 0 saturated heterocycles. The zero-order chi connectivity index (χ0) is 15.7. The van der Waals surface area contributed by atoms with Crippen LogP contribution in [0.25, 0.3) is 0 Å². The van der Waals surface area contributed by atoms with E-state index in [1.54, 1.807) is 0 Å². The Labute approximate surface area is 155 Å². The molecule has 20 heavy (non-hydrogen) atoms. The number of rotatable bonds is 5. The first-order valence-corrected chi connectivity index (χ1v) is 9.85. The van der Waals surface area contributed by atoms with E-state index in [9.17, 15) is 5.11 Å². The summed E-state index contributed by atoms with van der Waals surface area (Å²) in [6.07, 6.45) is 2.06. The van der Waals surface area contributed by atoms with Crippen molar-refractivity contribution >= 4 is 63.7 Å². The summed E-state index contributed by atoms with van der Waals surface area (Å²) in [4.78, 5) is 0.400. The molecule has 1 nitrogen and oxygen atoms in total. The molecule has 5 heteroatoms. The van der Waals surface area contributed by atoms with E-state index in [2.05, 4.69) is 84.5 Å². The minimum absolute atomic E-state index is 0.0726. The molecular formula is C15H20Br4O. The van der Waals surface area contributed by atoms with Crippen LogP contribution < -0.4 is 0 Å². The zero-order valence-corrected chi connectivity index (χ0v) is 18.4. The van der Waals surface area contributed by atoms with E-state index < -0.39 is 0 Å². The molecule has 1 rings (SSSR count). The quantitative estimate of drug-likeness (QED) is 0.401. The fourth-order valence-corrected chi connectivity index (χ4v) is 3.64. The maximum atomic E-state index is 10.3. The molecule has 0 fully saturated rings. The lowest BCUT2D eigenvalue weighted by Crippen LogP contribution is -2.24. The lowest BCUT2D eigenvalue weighted by atomic mass is 9.92. The number of phenolic OH excluding ortho intramolecular Hbond substituents is 1. The van der Waals surface area contributed by atoms with E-state index in [-0.39, 0.29) is 4.32 Å². The summed E-state index contributed by atoms with van der Waals surface area (Å²) in [5.41, 5.74) is 2.01. The molecule has 0 aliphatic rings. The van der Waals surface area contributed by atoms with Gasteiger partial charge in [-0.15, -0.1) is 0 Å². The summed E-state index contributed by atoms with van der Waals surface area (Å²) in [5.74, 6) is 0.667. The average Bonchev–Trinajstić information content (AvgIpc) is 2.36. The highest BCUT2D eigenvalue weighted by Crippen LogP contribution is 2.41. The number of alkyl halides is 2. The van der Waals surface area contributed by atoms with Crippen molar-refractivity contribution < 1.29 is 5.11 Å². The molecule has 0 bridgehead atoms. The molecule has 0 saturated carbocycles. The highest BCUT2D eigenvalue weighted by atomic mass is 79.9. The molecule has 2 atom stereocenters. The van der Waals surface area contributed by atoms with Crippen molar-refractivity contribution in [3.8, 4) is 5.75 Å². The smallest absolute Gasteiger partial charge is 0.133 e. The van der Waals surface area contributed by atoms with Gasteiger partial charge in [-0.3, -0.25) is 0 Å². The Balaban J connectivity index is 2.86. The van der Waals surface area contributed by atoms with Crippen LogP contribution in [-0.2, 0) is 0 Å². The SMILES string of the molecule is Cc1c(Br)cc([C@H](C)CCC(Br)C(C)(C)Br)c(O)c1Br. The molecule has 0 radical (unpaired) electrons. The second-order valence-electron chi connectivity index (χ2n) is 5.75. The molecule has 1 unspecified atom stereocenters. The molecule has 0 amide bonds. The first-order chi connectivity index (χ1) is 9.05. The third-order valence-corrected chi connectivity index (χ3v) is 8.14. The molecule has 0 spiro atoms. The minimum atomic E-state index is 0.0726. The Hall–Kier alpha value is 0.940. The third-order valence-electron chi connectivity index (χ3n) is 3.58. The minimum Gasteiger partial charge on any atom is -0.506 e. The van der Waals surface area contributed by atoms with Gasteiger partial charge in [0.15, 0.2) is 0 Å². The monoisotopic (exact) mass is 532 g/mol. The van der Waals surface area contributed by atoms with E-state index in [1.807, 2.05) is 13.0 Å². The van der Waals surface area contributed by atoms with Gasteiger partial charge < -0.3 is 5.11 Å². The van der Waals surface area contributed by atoms with Crippen molar-refractivity contribution in [3.63, 3.8) is 0 Å². The number of benzene rings is 1. The van der Waals surface area contributed by atoms with E-state index in [0.29, 0.717) is 16.5 Å². The maximum Gasteiger partial charge on any atom is 0.133 e. The zero-order valence-electron chi connectivity index (χ0n) is 12.1. The Morgan fingerprint density at radius 2 is 1.80 bits per heavy atom. The van der Waals surface area contributed by atoms with Crippen LogP contribution in [0.4, 0.5) is 0 Å². The largest absolute Gasteiger partial charge is 0.506 e. The normalized spacial score (nSPS) is 15.2. The van der Waals surface area contributed by atoms with Crippen LogP contribution in [0.1, 0.15) is 50.7 Å². The van der Waals surface area contributed by atoms with E-state index in [4.69, 9.17) is 0 Å². The molecular weight excluding hydrogens is 516 g/mol. The second-order valence-corrected chi connectivity index (χ2v) is 10.5. The second kappa shape index (κ2) is 7.47. The Bertz CT molecular complexity index is 480. The number of hydrogen-bond acceptors (Lipinski definition) is 1. The lowest BCUT2D eigenvalue weighted by Gasteiger charge is -2.25. The van der Waals surface area contributed by atoms with Crippen LogP contribution in [0.2, 0.25) is 0 Å². The molecule has 1 aromatic rings. The highest BCUT2D eigenvalue weighted by Gasteiger charge is 2.25. The lowest BCUT2D eigenvalue weighted by molar-refractivity contribution is 0.453. The molecule has 0 heterocycles. The van der Waals surface area contributed by atoms with Gasteiger partial charge >= 0.3 is 0 Å². The first kappa shape index (κ1) is 19.0. The van der Waals surface area contributed by atoms with Crippen LogP contribution >= 0.6 is 63.7 Å². The van der Waals surface area contributed by atoms with Gasteiger partial charge in [-0.25, -0.2) is 0 Å². The summed E-state index contributed by atoms with van der Waals surface area (Å²) < 4.78 is 1.88. The Morgan fingerprint density at radius 1 is 1.25 bits per heavy atom. The molecule has 114 valence electrons. The molecule has 0 aromatic heterocycles. The van der Waals surface area contributed by atoms with Crippen LogP contribution in [0.3, 0.4) is 0 Å². The van der Waals surface area contributed by atoms with Crippen molar-refractivity contribution in [2.45, 2.75) is 55.6 Å². The number of phenols is 1. The highest BCUT2D eigenvalue weighted by molar-refractivity contribution is 9.12. The topological polar surface area (TPSA) is 20.2 Å². The van der Waals surface area contributed by atoms with Crippen molar-refractivity contribution in [3.05, 3.63) is 26.1 Å². The fraction of sp³-hybridized carbons (Fsp3) is 0.600. The standard InChI is InChI=1S/C15H20Br4O/c1-8(5-6-12(17)15(3,4)19)10-7-11(16)9(2)13(18)14(10)20/h7-8,12,20H,5-6H2,1-4H3/t8-,12?/m1/s1. The van der Waals surface area contributed by atoms with Gasteiger partial charge in [0, 0.05) is 13.6 Å². The van der Waals surface area contributed by atoms with E-state index >= 15 is 0 Å². The van der Waals surface area contributed by atoms with Crippen LogP contribution in [0.15, 0.2) is 15.0 Å². The Kier molecular flexibility index (Phi) is 7.09. The maximum absolute atomic E-state index is 10.3. The summed E-state index contributed by atoms with van der Waals surface area (Å²) in [7, 11) is 0. The first-order valence-electron chi connectivity index (χ1n) is 6.56. The van der Waals surface area contributed by atoms with Crippen LogP contribution in [0.5, 0.6) is 5.75 Å². The van der Waals surface area contributed by atoms with Crippen molar-refractivity contribution in [2.75, 3.05) is 0 Å². The summed E-state index contributed by atoms with van der Waals surface area (Å²) in [6.45, 7) is 8.45. The number of hydrogen-bond donors (Lipinski definition) is 1. The van der Waals surface area contributed by atoms with Crippen LogP contribution in [0, 0.1) is 6.92 Å². The number of aromatic hydroxyl groups is 1. The van der Waals surface area contributed by atoms with Gasteiger partial charge in [-0.2, -0.15) is 0 Å². The molecule has 1 N–H and O–H groups in total. The van der Waals surface area contributed by atoms with Gasteiger partial charge in [0.2, 0.25) is 0 Å². The van der Waals surface area contributed by atoms with Crippen molar-refractivity contribution in [1.29, 1.82) is 0 Å². The van der Waals surface area contributed by atoms with E-state index in [1.165, 1.54) is 0 Å². The fourth-order valence-electron chi connectivity index (χ4n) is 1.99. The molecule has 0 aliphatic heterocycles. The van der Waals surface area contributed by atoms with Gasteiger partial charge in [0.05, 0.1) is 4.47 Å². The van der Waals surface area contributed by atoms with Gasteiger partial charge in [-0.05, 0) is 72.7 Å². The summed E-state index contributed by atoms with van der Waals surface area (Å²) >= 11 is 14.4. The van der Waals surface area contributed by atoms with E-state index in [0.717, 1.165) is 32.9 Å². The Morgan fingerprint density at radius 3 is 2.30 bits per heavy atom. The van der Waals surface area contributed by atoms with Crippen LogP contribution in [-0.4, -0.2) is 14.3 Å².